The summed E-state index contributed by atoms with van der Waals surface area (Å²) in [5.74, 6) is -0.0607. The summed E-state index contributed by atoms with van der Waals surface area (Å²) in [4.78, 5) is 2.25. The van der Waals surface area contributed by atoms with E-state index in [4.69, 9.17) is 15.2 Å². The summed E-state index contributed by atoms with van der Waals surface area (Å²) in [5, 5.41) is 0. The lowest BCUT2D eigenvalue weighted by molar-refractivity contribution is 0.0320. The monoisotopic (exact) mass is 268 g/mol. The van der Waals surface area contributed by atoms with Gasteiger partial charge in [-0.3, -0.25) is 4.90 Å². The quantitative estimate of drug-likeness (QED) is 0.880. The van der Waals surface area contributed by atoms with Gasteiger partial charge in [0.2, 0.25) is 0 Å². The van der Waals surface area contributed by atoms with E-state index in [9.17, 15) is 4.39 Å². The van der Waals surface area contributed by atoms with Crippen molar-refractivity contribution in [3.8, 4) is 5.75 Å². The van der Waals surface area contributed by atoms with E-state index in [1.54, 1.807) is 12.1 Å². The van der Waals surface area contributed by atoms with Crippen LogP contribution in [0.4, 0.5) is 4.39 Å². The second kappa shape index (κ2) is 6.84. The van der Waals surface area contributed by atoms with Gasteiger partial charge in [-0.1, -0.05) is 6.07 Å². The lowest BCUT2D eigenvalue weighted by atomic mass is 10.1. The lowest BCUT2D eigenvalue weighted by Gasteiger charge is -2.26. The molecule has 1 heterocycles. The molecule has 1 aromatic carbocycles. The number of nitrogens with two attached hydrogens (primary N) is 1. The molecule has 0 spiro atoms. The average Bonchev–Trinajstić information content (AvgIpc) is 2.41. The van der Waals surface area contributed by atoms with Crippen LogP contribution in [0.2, 0.25) is 0 Å². The second-order valence-electron chi connectivity index (χ2n) is 4.78. The molecule has 1 aromatic rings. The summed E-state index contributed by atoms with van der Waals surface area (Å²) in [5.41, 5.74) is 6.48. The minimum atomic E-state index is -0.350. The topological polar surface area (TPSA) is 47.7 Å². The molecule has 2 N–H and O–H groups in total. The first-order valence-corrected chi connectivity index (χ1v) is 6.65. The molecule has 1 fully saturated rings. The van der Waals surface area contributed by atoms with Crippen molar-refractivity contribution in [2.24, 2.45) is 5.73 Å². The Morgan fingerprint density at radius 3 is 2.79 bits per heavy atom. The third-order valence-electron chi connectivity index (χ3n) is 3.25. The Labute approximate surface area is 113 Å². The van der Waals surface area contributed by atoms with E-state index in [0.717, 1.165) is 38.4 Å². The molecule has 0 aromatic heterocycles. The molecular weight excluding hydrogens is 247 g/mol. The molecule has 0 amide bonds. The number of hydrogen-bond donors (Lipinski definition) is 1. The van der Waals surface area contributed by atoms with Crippen LogP contribution in [0.25, 0.3) is 0 Å². The smallest absolute Gasteiger partial charge is 0.165 e. The summed E-state index contributed by atoms with van der Waals surface area (Å²) in [6.45, 7) is 6.44. The maximum atomic E-state index is 13.8. The maximum absolute atomic E-state index is 13.8. The van der Waals surface area contributed by atoms with Gasteiger partial charge >= 0.3 is 0 Å². The standard InChI is InChI=1S/C14H21FN2O2/c1-11(16)12-2-3-14(13(15)10-12)19-9-6-17-4-7-18-8-5-17/h2-3,10-11H,4-9,16H2,1H3/t11-/m1/s1. The number of ether oxygens (including phenoxy) is 2. The van der Waals surface area contributed by atoms with Gasteiger partial charge in [-0.15, -0.1) is 0 Å². The van der Waals surface area contributed by atoms with Crippen molar-refractivity contribution in [1.29, 1.82) is 0 Å². The average molecular weight is 268 g/mol. The molecule has 1 saturated heterocycles. The molecule has 1 atom stereocenters. The van der Waals surface area contributed by atoms with Crippen LogP contribution in [-0.2, 0) is 4.74 Å². The third kappa shape index (κ3) is 4.16. The predicted octanol–water partition coefficient (Wildman–Crippen LogP) is 1.56. The molecule has 0 saturated carbocycles. The Hall–Kier alpha value is -1.17. The van der Waals surface area contributed by atoms with Crippen LogP contribution < -0.4 is 10.5 Å². The van der Waals surface area contributed by atoms with E-state index in [1.807, 2.05) is 6.92 Å². The highest BCUT2D eigenvalue weighted by molar-refractivity contribution is 5.30. The first kappa shape index (κ1) is 14.2. The largest absolute Gasteiger partial charge is 0.489 e. The van der Waals surface area contributed by atoms with Crippen molar-refractivity contribution in [3.63, 3.8) is 0 Å². The molecule has 0 aliphatic carbocycles. The molecule has 19 heavy (non-hydrogen) atoms. The lowest BCUT2D eigenvalue weighted by Crippen LogP contribution is -2.38. The van der Waals surface area contributed by atoms with Crippen LogP contribution in [-0.4, -0.2) is 44.4 Å². The number of nitrogens with zero attached hydrogens (tertiary/aromatic N) is 1. The third-order valence-corrected chi connectivity index (χ3v) is 3.25. The van der Waals surface area contributed by atoms with Crippen molar-refractivity contribution in [1.82, 2.24) is 4.90 Å². The number of rotatable bonds is 5. The van der Waals surface area contributed by atoms with Gasteiger partial charge in [0.15, 0.2) is 11.6 Å². The van der Waals surface area contributed by atoms with Gasteiger partial charge in [-0.2, -0.15) is 0 Å². The van der Waals surface area contributed by atoms with Crippen LogP contribution in [0.3, 0.4) is 0 Å². The SMILES string of the molecule is C[C@@H](N)c1ccc(OCCN2CCOCC2)c(F)c1. The highest BCUT2D eigenvalue weighted by Crippen LogP contribution is 2.21. The second-order valence-corrected chi connectivity index (χ2v) is 4.78. The van der Waals surface area contributed by atoms with Crippen LogP contribution >= 0.6 is 0 Å². The normalized spacial score (nSPS) is 18.3. The Morgan fingerprint density at radius 1 is 1.42 bits per heavy atom. The Morgan fingerprint density at radius 2 is 2.16 bits per heavy atom. The summed E-state index contributed by atoms with van der Waals surface area (Å²) in [6.07, 6.45) is 0. The molecule has 4 nitrogen and oxygen atoms in total. The molecule has 1 aliphatic rings. The predicted molar refractivity (Wildman–Crippen MR) is 71.8 cm³/mol. The molecule has 2 rings (SSSR count). The Kier molecular flexibility index (Phi) is 5.13. The zero-order valence-corrected chi connectivity index (χ0v) is 11.3. The molecule has 0 unspecified atom stereocenters. The highest BCUT2D eigenvalue weighted by atomic mass is 19.1. The van der Waals surface area contributed by atoms with E-state index >= 15 is 0 Å². The number of hydrogen-bond acceptors (Lipinski definition) is 4. The van der Waals surface area contributed by atoms with E-state index in [0.29, 0.717) is 6.61 Å². The Bertz CT molecular complexity index is 406. The zero-order chi connectivity index (χ0) is 13.7. The number of benzene rings is 1. The van der Waals surface area contributed by atoms with Crippen LogP contribution in [0.5, 0.6) is 5.75 Å². The van der Waals surface area contributed by atoms with Crippen molar-refractivity contribution in [2.45, 2.75) is 13.0 Å². The van der Waals surface area contributed by atoms with E-state index in [2.05, 4.69) is 4.90 Å². The van der Waals surface area contributed by atoms with Gasteiger partial charge in [-0.25, -0.2) is 4.39 Å². The van der Waals surface area contributed by atoms with Gasteiger partial charge in [0.1, 0.15) is 6.61 Å². The summed E-state index contributed by atoms with van der Waals surface area (Å²) < 4.78 is 24.5. The van der Waals surface area contributed by atoms with Gasteiger partial charge in [0.25, 0.3) is 0 Å². The van der Waals surface area contributed by atoms with E-state index in [-0.39, 0.29) is 17.6 Å². The minimum absolute atomic E-state index is 0.170. The number of halogens is 1. The minimum Gasteiger partial charge on any atom is -0.489 e. The van der Waals surface area contributed by atoms with Crippen molar-refractivity contribution in [3.05, 3.63) is 29.6 Å². The van der Waals surface area contributed by atoms with Crippen LogP contribution in [0.15, 0.2) is 18.2 Å². The first-order valence-electron chi connectivity index (χ1n) is 6.65. The van der Waals surface area contributed by atoms with Gasteiger partial charge in [0, 0.05) is 25.7 Å². The summed E-state index contributed by atoms with van der Waals surface area (Å²) in [7, 11) is 0. The van der Waals surface area contributed by atoms with E-state index < -0.39 is 0 Å². The summed E-state index contributed by atoms with van der Waals surface area (Å²) in [6, 6.07) is 4.72. The summed E-state index contributed by atoms with van der Waals surface area (Å²) >= 11 is 0. The van der Waals surface area contributed by atoms with Crippen LogP contribution in [0, 0.1) is 5.82 Å². The maximum Gasteiger partial charge on any atom is 0.165 e. The van der Waals surface area contributed by atoms with Crippen molar-refractivity contribution >= 4 is 0 Å². The fraction of sp³-hybridized carbons (Fsp3) is 0.571. The zero-order valence-electron chi connectivity index (χ0n) is 11.3. The molecule has 106 valence electrons. The molecule has 0 bridgehead atoms. The molecular formula is C14H21FN2O2. The van der Waals surface area contributed by atoms with Gasteiger partial charge in [0.05, 0.1) is 13.2 Å². The van der Waals surface area contributed by atoms with Gasteiger partial charge in [-0.05, 0) is 24.6 Å². The highest BCUT2D eigenvalue weighted by Gasteiger charge is 2.11. The molecule has 0 radical (unpaired) electrons. The Balaban J connectivity index is 1.82. The van der Waals surface area contributed by atoms with Crippen molar-refractivity contribution in [2.75, 3.05) is 39.5 Å². The fourth-order valence-electron chi connectivity index (χ4n) is 2.03. The molecule has 5 heteroatoms. The van der Waals surface area contributed by atoms with E-state index in [1.165, 1.54) is 6.07 Å². The van der Waals surface area contributed by atoms with Crippen molar-refractivity contribution < 1.29 is 13.9 Å². The molecule has 1 aliphatic heterocycles. The fourth-order valence-corrected chi connectivity index (χ4v) is 2.03. The first-order chi connectivity index (χ1) is 9.16. The van der Waals surface area contributed by atoms with Crippen LogP contribution in [0.1, 0.15) is 18.5 Å². The number of morpholine rings is 1. The van der Waals surface area contributed by atoms with Gasteiger partial charge < -0.3 is 15.2 Å².